The molecule has 0 aliphatic carbocycles. The van der Waals surface area contributed by atoms with Crippen LogP contribution >= 0.6 is 11.8 Å². The van der Waals surface area contributed by atoms with Gasteiger partial charge in [-0.25, -0.2) is 0 Å². The largest absolute Gasteiger partial charge is 0.367 e. The van der Waals surface area contributed by atoms with Crippen LogP contribution in [0.3, 0.4) is 0 Å². The number of nitrogens with one attached hydrogen (secondary N) is 1. The van der Waals surface area contributed by atoms with Gasteiger partial charge in [0.2, 0.25) is 5.91 Å². The first-order chi connectivity index (χ1) is 13.8. The second-order valence-electron chi connectivity index (χ2n) is 6.80. The highest BCUT2D eigenvalue weighted by molar-refractivity contribution is 8.00. The molecule has 6 heteroatoms. The number of anilines is 2. The van der Waals surface area contributed by atoms with Gasteiger partial charge in [-0.15, -0.1) is 18.3 Å². The Morgan fingerprint density at radius 3 is 2.64 bits per heavy atom. The lowest BCUT2D eigenvalue weighted by atomic mass is 10.1. The minimum atomic E-state index is 0.0373. The summed E-state index contributed by atoms with van der Waals surface area (Å²) in [7, 11) is 0. The molecule has 3 rings (SSSR count). The fraction of sp³-hybridized carbons (Fsp3) is 0.364. The first kappa shape index (κ1) is 20.4. The van der Waals surface area contributed by atoms with E-state index in [1.165, 1.54) is 5.56 Å². The Kier molecular flexibility index (Phi) is 7.94. The number of carbonyl (C=O) groups is 1. The van der Waals surface area contributed by atoms with Crippen LogP contribution in [0.2, 0.25) is 0 Å². The van der Waals surface area contributed by atoms with Crippen LogP contribution in [-0.4, -0.2) is 60.0 Å². The smallest absolute Gasteiger partial charge is 0.234 e. The third-order valence-corrected chi connectivity index (χ3v) is 5.76. The van der Waals surface area contributed by atoms with Gasteiger partial charge in [0.25, 0.3) is 0 Å². The molecule has 1 amide bonds. The summed E-state index contributed by atoms with van der Waals surface area (Å²) in [4.78, 5) is 21.1. The Bertz CT molecular complexity index is 760. The van der Waals surface area contributed by atoms with Crippen molar-refractivity contribution >= 4 is 29.0 Å². The minimum Gasteiger partial charge on any atom is -0.367 e. The highest BCUT2D eigenvalue weighted by Gasteiger charge is 2.19. The van der Waals surface area contributed by atoms with E-state index in [9.17, 15) is 4.79 Å². The molecule has 1 aliphatic rings. The summed E-state index contributed by atoms with van der Waals surface area (Å²) in [5.74, 6) is 1.27. The zero-order chi connectivity index (χ0) is 19.6. The molecule has 1 N–H and O–H groups in total. The van der Waals surface area contributed by atoms with Crippen LogP contribution in [0, 0.1) is 0 Å². The fourth-order valence-electron chi connectivity index (χ4n) is 3.33. The highest BCUT2D eigenvalue weighted by atomic mass is 32.2. The number of nitrogens with zero attached hydrogens (tertiary/aromatic N) is 3. The third-order valence-electron chi connectivity index (χ3n) is 4.83. The number of pyridine rings is 1. The zero-order valence-electron chi connectivity index (χ0n) is 16.2. The molecule has 148 valence electrons. The summed E-state index contributed by atoms with van der Waals surface area (Å²) in [5.41, 5.74) is 3.34. The van der Waals surface area contributed by atoms with Crippen LogP contribution in [0.5, 0.6) is 0 Å². The quantitative estimate of drug-likeness (QED) is 0.521. The van der Waals surface area contributed by atoms with Crippen molar-refractivity contribution in [2.24, 2.45) is 0 Å². The first-order valence-corrected chi connectivity index (χ1v) is 10.9. The molecule has 28 heavy (non-hydrogen) atoms. The molecule has 0 spiro atoms. The highest BCUT2D eigenvalue weighted by Crippen LogP contribution is 2.27. The van der Waals surface area contributed by atoms with Gasteiger partial charge in [0.05, 0.1) is 17.1 Å². The van der Waals surface area contributed by atoms with Crippen LogP contribution in [0.15, 0.2) is 61.4 Å². The van der Waals surface area contributed by atoms with E-state index in [0.717, 1.165) is 56.3 Å². The number of hydrogen-bond donors (Lipinski definition) is 1. The number of hydrogen-bond acceptors (Lipinski definition) is 5. The Morgan fingerprint density at radius 1 is 1.14 bits per heavy atom. The molecule has 1 aliphatic heterocycles. The van der Waals surface area contributed by atoms with Crippen molar-refractivity contribution in [3.63, 3.8) is 0 Å². The predicted molar refractivity (Wildman–Crippen MR) is 119 cm³/mol. The number of thioether (sulfide) groups is 1. The molecule has 0 saturated carbocycles. The molecular formula is C22H28N4OS. The number of amides is 1. The zero-order valence-corrected chi connectivity index (χ0v) is 17.0. The monoisotopic (exact) mass is 396 g/mol. The topological polar surface area (TPSA) is 48.5 Å². The molecule has 5 nitrogen and oxygen atoms in total. The molecule has 1 fully saturated rings. The van der Waals surface area contributed by atoms with E-state index in [2.05, 4.69) is 44.9 Å². The van der Waals surface area contributed by atoms with Crippen molar-refractivity contribution < 1.29 is 4.79 Å². The standard InChI is InChI=1S/C22H28N4OS/c1-2-17-28-18-22(27)24-20-5-3-4-6-21(20)26-15-13-25(14-16-26)12-9-19-7-10-23-11-8-19/h2-8,10-11H,1,9,12-18H2,(H,24,27). The second kappa shape index (κ2) is 10.9. The van der Waals surface area contributed by atoms with E-state index in [1.807, 2.05) is 36.7 Å². The molecule has 2 heterocycles. The molecule has 1 aromatic carbocycles. The second-order valence-corrected chi connectivity index (χ2v) is 7.83. The van der Waals surface area contributed by atoms with Crippen molar-refractivity contribution in [1.29, 1.82) is 0 Å². The Labute approximate surface area is 171 Å². The summed E-state index contributed by atoms with van der Waals surface area (Å²) in [6.07, 6.45) is 6.58. The molecular weight excluding hydrogens is 368 g/mol. The number of piperazine rings is 1. The summed E-state index contributed by atoms with van der Waals surface area (Å²) in [6, 6.07) is 12.3. The van der Waals surface area contributed by atoms with Crippen LogP contribution in [-0.2, 0) is 11.2 Å². The number of para-hydroxylation sites is 2. The maximum atomic E-state index is 12.2. The van der Waals surface area contributed by atoms with Gasteiger partial charge in [-0.2, -0.15) is 0 Å². The number of carbonyl (C=O) groups excluding carboxylic acids is 1. The van der Waals surface area contributed by atoms with Gasteiger partial charge >= 0.3 is 0 Å². The first-order valence-electron chi connectivity index (χ1n) is 9.70. The predicted octanol–water partition coefficient (Wildman–Crippen LogP) is 3.30. The van der Waals surface area contributed by atoms with Gasteiger partial charge in [0.15, 0.2) is 0 Å². The number of benzene rings is 1. The lowest BCUT2D eigenvalue weighted by Gasteiger charge is -2.37. The fourth-order valence-corrected chi connectivity index (χ4v) is 3.87. The molecule has 0 unspecified atom stereocenters. The Hall–Kier alpha value is -2.31. The van der Waals surface area contributed by atoms with E-state index in [-0.39, 0.29) is 5.91 Å². The maximum Gasteiger partial charge on any atom is 0.234 e. The summed E-state index contributed by atoms with van der Waals surface area (Å²) in [5, 5.41) is 3.07. The van der Waals surface area contributed by atoms with Crippen LogP contribution in [0.4, 0.5) is 11.4 Å². The van der Waals surface area contributed by atoms with Crippen LogP contribution in [0.1, 0.15) is 5.56 Å². The van der Waals surface area contributed by atoms with Crippen molar-refractivity contribution in [1.82, 2.24) is 9.88 Å². The summed E-state index contributed by atoms with van der Waals surface area (Å²) >= 11 is 1.57. The van der Waals surface area contributed by atoms with Crippen LogP contribution < -0.4 is 10.2 Å². The van der Waals surface area contributed by atoms with E-state index < -0.39 is 0 Å². The average molecular weight is 397 g/mol. The SMILES string of the molecule is C=CCSCC(=O)Nc1ccccc1N1CCN(CCc2ccncc2)CC1. The van der Waals surface area contributed by atoms with Crippen molar-refractivity contribution in [3.05, 3.63) is 67.0 Å². The number of rotatable bonds is 9. The summed E-state index contributed by atoms with van der Waals surface area (Å²) in [6.45, 7) is 8.75. The molecule has 0 atom stereocenters. The van der Waals surface area contributed by atoms with E-state index >= 15 is 0 Å². The van der Waals surface area contributed by atoms with Gasteiger partial charge < -0.3 is 10.2 Å². The van der Waals surface area contributed by atoms with Gasteiger partial charge in [-0.3, -0.25) is 14.7 Å². The molecule has 2 aromatic rings. The Morgan fingerprint density at radius 2 is 1.89 bits per heavy atom. The van der Waals surface area contributed by atoms with Gasteiger partial charge in [0.1, 0.15) is 0 Å². The van der Waals surface area contributed by atoms with Gasteiger partial charge in [-0.1, -0.05) is 18.2 Å². The molecule has 1 aromatic heterocycles. The average Bonchev–Trinajstić information content (AvgIpc) is 2.74. The number of aromatic nitrogens is 1. The van der Waals surface area contributed by atoms with Crippen molar-refractivity contribution in [2.45, 2.75) is 6.42 Å². The maximum absolute atomic E-state index is 12.2. The van der Waals surface area contributed by atoms with E-state index in [1.54, 1.807) is 11.8 Å². The van der Waals surface area contributed by atoms with Crippen LogP contribution in [0.25, 0.3) is 0 Å². The summed E-state index contributed by atoms with van der Waals surface area (Å²) < 4.78 is 0. The molecule has 0 radical (unpaired) electrons. The van der Waals surface area contributed by atoms with Crippen molar-refractivity contribution in [3.8, 4) is 0 Å². The molecule has 0 bridgehead atoms. The minimum absolute atomic E-state index is 0.0373. The van der Waals surface area contributed by atoms with E-state index in [4.69, 9.17) is 0 Å². The van der Waals surface area contributed by atoms with Crippen molar-refractivity contribution in [2.75, 3.05) is 54.4 Å². The lowest BCUT2D eigenvalue weighted by Crippen LogP contribution is -2.47. The van der Waals surface area contributed by atoms with Gasteiger partial charge in [-0.05, 0) is 36.2 Å². The Balaban J connectivity index is 1.51. The normalized spacial score (nSPS) is 14.6. The van der Waals surface area contributed by atoms with E-state index in [0.29, 0.717) is 5.75 Å². The van der Waals surface area contributed by atoms with Gasteiger partial charge in [0, 0.05) is 50.9 Å². The molecule has 1 saturated heterocycles. The lowest BCUT2D eigenvalue weighted by molar-refractivity contribution is -0.113. The third kappa shape index (κ3) is 6.11.